The Bertz CT molecular complexity index is 594. The Labute approximate surface area is 126 Å². The van der Waals surface area contributed by atoms with E-state index in [9.17, 15) is 0 Å². The van der Waals surface area contributed by atoms with Crippen LogP contribution in [0.3, 0.4) is 0 Å². The first-order valence-electron chi connectivity index (χ1n) is 7.93. The van der Waals surface area contributed by atoms with Gasteiger partial charge < -0.3 is 0 Å². The van der Waals surface area contributed by atoms with E-state index < -0.39 is 0 Å². The van der Waals surface area contributed by atoms with E-state index in [-0.39, 0.29) is 0 Å². The second-order valence-electron chi connectivity index (χ2n) is 5.87. The minimum atomic E-state index is 0.504. The maximum atomic E-state index is 4.59. The van der Waals surface area contributed by atoms with Gasteiger partial charge in [0.1, 0.15) is 5.82 Å². The monoisotopic (exact) mass is 284 g/mol. The number of hydrogen-bond donors (Lipinski definition) is 0. The van der Waals surface area contributed by atoms with Gasteiger partial charge in [-0.2, -0.15) is 5.10 Å². The molecule has 1 atom stereocenters. The number of aryl methyl sites for hydroxylation is 2. The first-order valence-corrected chi connectivity index (χ1v) is 7.93. The van der Waals surface area contributed by atoms with Crippen LogP contribution in [0.1, 0.15) is 44.1 Å². The van der Waals surface area contributed by atoms with Crippen molar-refractivity contribution < 1.29 is 0 Å². The Balaban J connectivity index is 1.79. The summed E-state index contributed by atoms with van der Waals surface area (Å²) in [5.41, 5.74) is 2.48. The highest BCUT2D eigenvalue weighted by Crippen LogP contribution is 2.26. The number of nitrogens with zero attached hydrogens (tertiary/aromatic N) is 4. The first-order chi connectivity index (χ1) is 10.2. The number of aromatic nitrogens is 3. The summed E-state index contributed by atoms with van der Waals surface area (Å²) < 4.78 is 1.87. The van der Waals surface area contributed by atoms with Crippen molar-refractivity contribution in [3.63, 3.8) is 0 Å². The van der Waals surface area contributed by atoms with E-state index in [1.807, 2.05) is 11.7 Å². The van der Waals surface area contributed by atoms with Crippen LogP contribution in [0.5, 0.6) is 0 Å². The van der Waals surface area contributed by atoms with Gasteiger partial charge in [-0.3, -0.25) is 9.58 Å². The van der Waals surface area contributed by atoms with E-state index in [1.165, 1.54) is 31.5 Å². The van der Waals surface area contributed by atoms with Gasteiger partial charge in [0.15, 0.2) is 5.82 Å². The lowest BCUT2D eigenvalue weighted by Gasteiger charge is -2.24. The van der Waals surface area contributed by atoms with Crippen molar-refractivity contribution in [2.24, 2.45) is 7.05 Å². The molecule has 0 bridgehead atoms. The second kappa shape index (κ2) is 5.98. The molecular weight excluding hydrogens is 260 g/mol. The largest absolute Gasteiger partial charge is 0.297 e. The Morgan fingerprint density at radius 2 is 1.81 bits per heavy atom. The van der Waals surface area contributed by atoms with Crippen LogP contribution in [-0.2, 0) is 13.5 Å². The second-order valence-corrected chi connectivity index (χ2v) is 5.87. The Morgan fingerprint density at radius 3 is 2.38 bits per heavy atom. The molecule has 3 rings (SSSR count). The molecule has 0 unspecified atom stereocenters. The molecule has 0 spiro atoms. The number of likely N-dealkylation sites (tertiary alicyclic amines) is 1. The zero-order valence-electron chi connectivity index (χ0n) is 13.2. The van der Waals surface area contributed by atoms with Gasteiger partial charge in [-0.15, -0.1) is 0 Å². The van der Waals surface area contributed by atoms with Crippen LogP contribution in [-0.4, -0.2) is 32.8 Å². The third-order valence-electron chi connectivity index (χ3n) is 4.51. The van der Waals surface area contributed by atoms with Crippen molar-refractivity contribution in [1.29, 1.82) is 0 Å². The molecule has 0 N–H and O–H groups in total. The summed E-state index contributed by atoms with van der Waals surface area (Å²) in [5.74, 6) is 1.86. The highest BCUT2D eigenvalue weighted by Gasteiger charge is 2.19. The van der Waals surface area contributed by atoms with Gasteiger partial charge >= 0.3 is 0 Å². The van der Waals surface area contributed by atoms with Crippen LogP contribution in [0.25, 0.3) is 11.4 Å². The Hall–Kier alpha value is -1.68. The molecule has 1 aromatic carbocycles. The molecule has 0 aliphatic carbocycles. The molecule has 1 fully saturated rings. The average molecular weight is 284 g/mol. The highest BCUT2D eigenvalue weighted by atomic mass is 15.3. The lowest BCUT2D eigenvalue weighted by Crippen LogP contribution is -2.23. The van der Waals surface area contributed by atoms with Crippen LogP contribution in [0, 0.1) is 0 Å². The number of hydrogen-bond acceptors (Lipinski definition) is 3. The minimum absolute atomic E-state index is 0.504. The van der Waals surface area contributed by atoms with Crippen LogP contribution < -0.4 is 0 Å². The predicted octanol–water partition coefficient (Wildman–Crippen LogP) is 3.20. The molecular formula is C17H24N4. The normalized spacial score (nSPS) is 17.3. The van der Waals surface area contributed by atoms with Gasteiger partial charge in [0.25, 0.3) is 0 Å². The zero-order chi connectivity index (χ0) is 14.8. The summed E-state index contributed by atoms with van der Waals surface area (Å²) in [5, 5.41) is 4.50. The van der Waals surface area contributed by atoms with Crippen molar-refractivity contribution in [1.82, 2.24) is 19.7 Å². The molecule has 2 heterocycles. The van der Waals surface area contributed by atoms with E-state index in [0.717, 1.165) is 23.6 Å². The van der Waals surface area contributed by atoms with Crippen LogP contribution in [0.4, 0.5) is 0 Å². The van der Waals surface area contributed by atoms with E-state index in [0.29, 0.717) is 6.04 Å². The van der Waals surface area contributed by atoms with Gasteiger partial charge in [0.2, 0.25) is 0 Å². The number of benzene rings is 1. The summed E-state index contributed by atoms with van der Waals surface area (Å²) in [6.45, 7) is 6.86. The average Bonchev–Trinajstić information content (AvgIpc) is 3.16. The molecule has 1 aromatic heterocycles. The van der Waals surface area contributed by atoms with Crippen LogP contribution in [0.2, 0.25) is 0 Å². The van der Waals surface area contributed by atoms with Crippen molar-refractivity contribution in [2.45, 2.75) is 39.2 Å². The van der Waals surface area contributed by atoms with Gasteiger partial charge in [0.05, 0.1) is 0 Å². The van der Waals surface area contributed by atoms with Crippen molar-refractivity contribution >= 4 is 0 Å². The zero-order valence-corrected chi connectivity index (χ0v) is 13.2. The van der Waals surface area contributed by atoms with E-state index in [2.05, 4.69) is 53.1 Å². The third-order valence-corrected chi connectivity index (χ3v) is 4.51. The quantitative estimate of drug-likeness (QED) is 0.864. The molecule has 1 aliphatic heterocycles. The minimum Gasteiger partial charge on any atom is -0.297 e. The molecule has 0 amide bonds. The molecule has 4 heteroatoms. The molecule has 4 nitrogen and oxygen atoms in total. The molecule has 1 aliphatic rings. The maximum absolute atomic E-state index is 4.59. The lowest BCUT2D eigenvalue weighted by molar-refractivity contribution is 0.263. The van der Waals surface area contributed by atoms with Crippen LogP contribution in [0.15, 0.2) is 24.3 Å². The van der Waals surface area contributed by atoms with Gasteiger partial charge in [-0.1, -0.05) is 31.2 Å². The Morgan fingerprint density at radius 1 is 1.14 bits per heavy atom. The summed E-state index contributed by atoms with van der Waals surface area (Å²) in [4.78, 5) is 7.15. The SMILES string of the molecule is CCc1nc(-c2ccc([C@@H](C)N3CCCC3)cc2)nn1C. The van der Waals surface area contributed by atoms with Crippen molar-refractivity contribution in [3.05, 3.63) is 35.7 Å². The summed E-state index contributed by atoms with van der Waals surface area (Å²) in [6.07, 6.45) is 3.58. The smallest absolute Gasteiger partial charge is 0.181 e. The summed E-state index contributed by atoms with van der Waals surface area (Å²) in [6, 6.07) is 9.25. The molecule has 21 heavy (non-hydrogen) atoms. The molecule has 0 saturated carbocycles. The van der Waals surface area contributed by atoms with Gasteiger partial charge in [-0.25, -0.2) is 4.98 Å². The topological polar surface area (TPSA) is 34.0 Å². The lowest BCUT2D eigenvalue weighted by atomic mass is 10.0. The fourth-order valence-electron chi connectivity index (χ4n) is 3.10. The Kier molecular flexibility index (Phi) is 4.06. The third kappa shape index (κ3) is 2.86. The van der Waals surface area contributed by atoms with Gasteiger partial charge in [-0.05, 0) is 38.4 Å². The first kappa shape index (κ1) is 14.3. The molecule has 2 aromatic rings. The van der Waals surface area contributed by atoms with Crippen molar-refractivity contribution in [2.75, 3.05) is 13.1 Å². The molecule has 112 valence electrons. The van der Waals surface area contributed by atoms with E-state index in [1.54, 1.807) is 0 Å². The van der Waals surface area contributed by atoms with Crippen molar-refractivity contribution in [3.8, 4) is 11.4 Å². The standard InChI is InChI=1S/C17H24N4/c1-4-16-18-17(19-20(16)3)15-9-7-14(8-10-15)13(2)21-11-5-6-12-21/h7-10,13H,4-6,11-12H2,1-3H3/t13-/m1/s1. The number of rotatable bonds is 4. The fraction of sp³-hybridized carbons (Fsp3) is 0.529. The maximum Gasteiger partial charge on any atom is 0.181 e. The molecule has 0 radical (unpaired) electrons. The predicted molar refractivity (Wildman–Crippen MR) is 85.0 cm³/mol. The fourth-order valence-corrected chi connectivity index (χ4v) is 3.10. The van der Waals surface area contributed by atoms with Gasteiger partial charge in [0, 0.05) is 25.1 Å². The molecule has 1 saturated heterocycles. The van der Waals surface area contributed by atoms with E-state index in [4.69, 9.17) is 0 Å². The summed E-state index contributed by atoms with van der Waals surface area (Å²) in [7, 11) is 1.96. The highest BCUT2D eigenvalue weighted by molar-refractivity contribution is 5.55. The van der Waals surface area contributed by atoms with E-state index >= 15 is 0 Å². The van der Waals surface area contributed by atoms with Crippen LogP contribution >= 0.6 is 0 Å². The summed E-state index contributed by atoms with van der Waals surface area (Å²) >= 11 is 0.